The Labute approximate surface area is 80.4 Å². The van der Waals surface area contributed by atoms with E-state index >= 15 is 0 Å². The standard InChI is InChI=1S/C8H11N3O3/c9-10-6(12)1-2-11-7(13)4-3-5(4)8(11)14/h4-5H,1-3,9H2,(H,10,12). The van der Waals surface area contributed by atoms with E-state index in [1.165, 1.54) is 0 Å². The molecule has 1 saturated heterocycles. The van der Waals surface area contributed by atoms with E-state index < -0.39 is 0 Å². The summed E-state index contributed by atoms with van der Waals surface area (Å²) in [6, 6.07) is 0. The second-order valence-electron chi connectivity index (χ2n) is 3.59. The van der Waals surface area contributed by atoms with Crippen molar-refractivity contribution in [2.75, 3.05) is 6.54 Å². The summed E-state index contributed by atoms with van der Waals surface area (Å²) >= 11 is 0. The number of nitrogens with two attached hydrogens (primary N) is 1. The van der Waals surface area contributed by atoms with Crippen LogP contribution in [-0.4, -0.2) is 29.2 Å². The van der Waals surface area contributed by atoms with Crippen LogP contribution in [0.2, 0.25) is 0 Å². The minimum absolute atomic E-state index is 0.0768. The van der Waals surface area contributed by atoms with Gasteiger partial charge in [-0.25, -0.2) is 5.84 Å². The van der Waals surface area contributed by atoms with Gasteiger partial charge in [0.15, 0.2) is 0 Å². The Bertz CT molecular complexity index is 295. The highest BCUT2D eigenvalue weighted by molar-refractivity contribution is 6.09. The van der Waals surface area contributed by atoms with Crippen molar-refractivity contribution in [3.8, 4) is 0 Å². The summed E-state index contributed by atoms with van der Waals surface area (Å²) in [6.07, 6.45) is 0.769. The van der Waals surface area contributed by atoms with Gasteiger partial charge in [-0.3, -0.25) is 24.7 Å². The van der Waals surface area contributed by atoms with Gasteiger partial charge < -0.3 is 0 Å². The van der Waals surface area contributed by atoms with Gasteiger partial charge in [-0.1, -0.05) is 0 Å². The summed E-state index contributed by atoms with van der Waals surface area (Å²) in [5, 5.41) is 0. The Morgan fingerprint density at radius 3 is 2.50 bits per heavy atom. The van der Waals surface area contributed by atoms with E-state index in [2.05, 4.69) is 0 Å². The van der Waals surface area contributed by atoms with Crippen molar-refractivity contribution in [1.82, 2.24) is 10.3 Å². The Morgan fingerprint density at radius 2 is 2.00 bits per heavy atom. The number of carbonyl (C=O) groups is 3. The van der Waals surface area contributed by atoms with Crippen LogP contribution >= 0.6 is 0 Å². The first kappa shape index (κ1) is 9.14. The number of amides is 3. The highest BCUT2D eigenvalue weighted by Gasteiger charge is 2.58. The predicted molar refractivity (Wildman–Crippen MR) is 45.3 cm³/mol. The van der Waals surface area contributed by atoms with Gasteiger partial charge in [0.05, 0.1) is 11.8 Å². The van der Waals surface area contributed by atoms with E-state index in [1.807, 2.05) is 5.43 Å². The number of hydrogen-bond donors (Lipinski definition) is 2. The predicted octanol–water partition coefficient (Wildman–Crippen LogP) is -1.63. The summed E-state index contributed by atoms with van der Waals surface area (Å²) in [5.41, 5.74) is 1.95. The molecule has 2 atom stereocenters. The minimum Gasteiger partial charge on any atom is -0.294 e. The first-order valence-electron chi connectivity index (χ1n) is 4.50. The molecule has 3 amide bonds. The first-order valence-corrected chi connectivity index (χ1v) is 4.50. The Kier molecular flexibility index (Phi) is 1.99. The molecular weight excluding hydrogens is 186 g/mol. The first-order chi connectivity index (χ1) is 6.65. The smallest absolute Gasteiger partial charge is 0.235 e. The lowest BCUT2D eigenvalue weighted by Gasteiger charge is -2.15. The number of piperidine rings is 1. The molecule has 0 spiro atoms. The fraction of sp³-hybridized carbons (Fsp3) is 0.625. The molecule has 1 saturated carbocycles. The van der Waals surface area contributed by atoms with Crippen LogP contribution in [0, 0.1) is 11.8 Å². The van der Waals surface area contributed by atoms with Gasteiger partial charge in [-0.15, -0.1) is 0 Å². The number of likely N-dealkylation sites (tertiary alicyclic amines) is 1. The molecule has 2 fully saturated rings. The zero-order valence-corrected chi connectivity index (χ0v) is 7.53. The van der Waals surface area contributed by atoms with Crippen LogP contribution < -0.4 is 11.3 Å². The molecule has 6 heteroatoms. The maximum absolute atomic E-state index is 11.4. The molecule has 0 aromatic rings. The molecule has 1 aliphatic heterocycles. The highest BCUT2D eigenvalue weighted by atomic mass is 16.2. The Morgan fingerprint density at radius 1 is 1.43 bits per heavy atom. The summed E-state index contributed by atoms with van der Waals surface area (Å²) in [6.45, 7) is 0.147. The lowest BCUT2D eigenvalue weighted by molar-refractivity contribution is -0.141. The average Bonchev–Trinajstić information content (AvgIpc) is 2.92. The molecule has 0 radical (unpaired) electrons. The van der Waals surface area contributed by atoms with Crippen molar-refractivity contribution in [2.45, 2.75) is 12.8 Å². The Balaban J connectivity index is 1.90. The monoisotopic (exact) mass is 197 g/mol. The summed E-state index contributed by atoms with van der Waals surface area (Å²) in [5.74, 6) is 4.05. The van der Waals surface area contributed by atoms with Crippen LogP contribution in [0.1, 0.15) is 12.8 Å². The average molecular weight is 197 g/mol. The minimum atomic E-state index is -0.369. The second kappa shape index (κ2) is 3.06. The fourth-order valence-corrected chi connectivity index (χ4v) is 1.76. The van der Waals surface area contributed by atoms with Gasteiger partial charge >= 0.3 is 0 Å². The third-order valence-electron chi connectivity index (χ3n) is 2.68. The lowest BCUT2D eigenvalue weighted by Crippen LogP contribution is -2.38. The normalized spacial score (nSPS) is 29.1. The van der Waals surface area contributed by atoms with Gasteiger partial charge in [0, 0.05) is 13.0 Å². The second-order valence-corrected chi connectivity index (χ2v) is 3.59. The highest BCUT2D eigenvalue weighted by Crippen LogP contribution is 2.46. The molecule has 2 rings (SSSR count). The van der Waals surface area contributed by atoms with Crippen molar-refractivity contribution in [2.24, 2.45) is 17.7 Å². The molecule has 6 nitrogen and oxygen atoms in total. The number of rotatable bonds is 3. The third kappa shape index (κ3) is 1.27. The van der Waals surface area contributed by atoms with Gasteiger partial charge in [-0.2, -0.15) is 0 Å². The van der Waals surface area contributed by atoms with Crippen LogP contribution in [0.5, 0.6) is 0 Å². The fourth-order valence-electron chi connectivity index (χ4n) is 1.76. The largest absolute Gasteiger partial charge is 0.294 e. The number of imide groups is 1. The van der Waals surface area contributed by atoms with Crippen molar-refractivity contribution in [3.63, 3.8) is 0 Å². The number of hydrazine groups is 1. The van der Waals surface area contributed by atoms with E-state index in [0.717, 1.165) is 4.90 Å². The summed E-state index contributed by atoms with van der Waals surface area (Å²) < 4.78 is 0. The van der Waals surface area contributed by atoms with E-state index in [4.69, 9.17) is 5.84 Å². The Hall–Kier alpha value is -1.43. The van der Waals surface area contributed by atoms with Crippen LogP contribution in [0.15, 0.2) is 0 Å². The van der Waals surface area contributed by atoms with Crippen molar-refractivity contribution < 1.29 is 14.4 Å². The zero-order valence-electron chi connectivity index (χ0n) is 7.53. The van der Waals surface area contributed by atoms with Gasteiger partial charge in [-0.05, 0) is 6.42 Å². The zero-order chi connectivity index (χ0) is 10.3. The van der Waals surface area contributed by atoms with E-state index in [9.17, 15) is 14.4 Å². The third-order valence-corrected chi connectivity index (χ3v) is 2.68. The van der Waals surface area contributed by atoms with Crippen molar-refractivity contribution >= 4 is 17.7 Å². The molecule has 3 N–H and O–H groups in total. The molecule has 2 aliphatic rings. The number of hydrogen-bond acceptors (Lipinski definition) is 4. The maximum atomic E-state index is 11.4. The van der Waals surface area contributed by atoms with E-state index in [-0.39, 0.29) is 42.5 Å². The van der Waals surface area contributed by atoms with Gasteiger partial charge in [0.2, 0.25) is 17.7 Å². The molecule has 1 heterocycles. The number of nitrogens with zero attached hydrogens (tertiary/aromatic N) is 1. The molecule has 14 heavy (non-hydrogen) atoms. The van der Waals surface area contributed by atoms with Crippen LogP contribution in [0.4, 0.5) is 0 Å². The molecule has 2 unspecified atom stereocenters. The number of nitrogens with one attached hydrogen (secondary N) is 1. The lowest BCUT2D eigenvalue weighted by atomic mass is 10.3. The molecular formula is C8H11N3O3. The van der Waals surface area contributed by atoms with Crippen LogP contribution in [0.3, 0.4) is 0 Å². The SMILES string of the molecule is NNC(=O)CCN1C(=O)C2CC2C1=O. The molecule has 76 valence electrons. The topological polar surface area (TPSA) is 92.5 Å². The van der Waals surface area contributed by atoms with Crippen molar-refractivity contribution in [1.29, 1.82) is 0 Å². The molecule has 0 aromatic heterocycles. The van der Waals surface area contributed by atoms with Gasteiger partial charge in [0.1, 0.15) is 0 Å². The van der Waals surface area contributed by atoms with Crippen LogP contribution in [0.25, 0.3) is 0 Å². The quantitative estimate of drug-likeness (QED) is 0.246. The molecule has 1 aliphatic carbocycles. The number of carbonyl (C=O) groups excluding carboxylic acids is 3. The summed E-state index contributed by atoms with van der Waals surface area (Å²) in [7, 11) is 0. The molecule has 0 aromatic carbocycles. The maximum Gasteiger partial charge on any atom is 0.235 e. The summed E-state index contributed by atoms with van der Waals surface area (Å²) in [4.78, 5) is 34.8. The van der Waals surface area contributed by atoms with Crippen LogP contribution in [-0.2, 0) is 14.4 Å². The van der Waals surface area contributed by atoms with Crippen molar-refractivity contribution in [3.05, 3.63) is 0 Å². The molecule has 0 bridgehead atoms. The van der Waals surface area contributed by atoms with E-state index in [0.29, 0.717) is 6.42 Å². The van der Waals surface area contributed by atoms with E-state index in [1.54, 1.807) is 0 Å². The van der Waals surface area contributed by atoms with Gasteiger partial charge in [0.25, 0.3) is 0 Å². The number of fused-ring (bicyclic) bond motifs is 1.